The molecule has 1 amide bonds. The third-order valence-corrected chi connectivity index (χ3v) is 3.55. The molecule has 0 spiro atoms. The van der Waals surface area contributed by atoms with Crippen molar-refractivity contribution in [3.63, 3.8) is 0 Å². The highest BCUT2D eigenvalue weighted by Gasteiger charge is 2.24. The smallest absolute Gasteiger partial charge is 0.225 e. The van der Waals surface area contributed by atoms with Crippen LogP contribution in [-0.2, 0) is 4.79 Å². The predicted octanol–water partition coefficient (Wildman–Crippen LogP) is 2.45. The van der Waals surface area contributed by atoms with Crippen LogP contribution < -0.4 is 11.1 Å². The van der Waals surface area contributed by atoms with Crippen LogP contribution in [0.2, 0.25) is 0 Å². The minimum absolute atomic E-state index is 0.0265. The van der Waals surface area contributed by atoms with Crippen molar-refractivity contribution in [3.05, 3.63) is 11.8 Å². The highest BCUT2D eigenvalue weighted by atomic mass is 16.1. The zero-order valence-corrected chi connectivity index (χ0v) is 12.4. The number of hydrogen-bond donors (Lipinski definition) is 3. The third kappa shape index (κ3) is 5.03. The summed E-state index contributed by atoms with van der Waals surface area (Å²) in [7, 11) is 0. The molecule has 5 heteroatoms. The number of aromatic nitrogens is 2. The largest absolute Gasteiger partial charge is 0.330 e. The number of H-pyrrole nitrogens is 1. The first-order valence-electron chi connectivity index (χ1n) is 6.84. The highest BCUT2D eigenvalue weighted by molar-refractivity contribution is 5.90. The van der Waals surface area contributed by atoms with Gasteiger partial charge in [0.25, 0.3) is 0 Å². The van der Waals surface area contributed by atoms with Crippen LogP contribution in [0.1, 0.15) is 45.6 Å². The lowest BCUT2D eigenvalue weighted by Crippen LogP contribution is -2.25. The maximum absolute atomic E-state index is 11.9. The van der Waals surface area contributed by atoms with Crippen LogP contribution in [0.25, 0.3) is 0 Å². The Morgan fingerprint density at radius 3 is 2.63 bits per heavy atom. The van der Waals surface area contributed by atoms with Gasteiger partial charge >= 0.3 is 0 Å². The second kappa shape index (κ2) is 6.70. The molecule has 19 heavy (non-hydrogen) atoms. The van der Waals surface area contributed by atoms with Gasteiger partial charge < -0.3 is 11.1 Å². The van der Waals surface area contributed by atoms with Gasteiger partial charge in [-0.3, -0.25) is 9.89 Å². The molecular formula is C14H26N4O. The average Bonchev–Trinajstić information content (AvgIpc) is 2.69. The summed E-state index contributed by atoms with van der Waals surface area (Å²) in [6.07, 6.45) is 4.03. The molecular weight excluding hydrogens is 240 g/mol. The van der Waals surface area contributed by atoms with Gasteiger partial charge in [-0.1, -0.05) is 20.8 Å². The first-order valence-corrected chi connectivity index (χ1v) is 6.84. The summed E-state index contributed by atoms with van der Waals surface area (Å²) >= 11 is 0. The van der Waals surface area contributed by atoms with E-state index in [2.05, 4.69) is 36.3 Å². The van der Waals surface area contributed by atoms with Crippen molar-refractivity contribution < 1.29 is 4.79 Å². The molecule has 0 aliphatic heterocycles. The SMILES string of the molecule is Cc1cn[nH]c1NC(=O)CCC(CCN)C(C)(C)C. The van der Waals surface area contributed by atoms with E-state index in [-0.39, 0.29) is 11.3 Å². The Labute approximate surface area is 115 Å². The number of nitrogens with one attached hydrogen (secondary N) is 2. The molecule has 0 aromatic carbocycles. The average molecular weight is 266 g/mol. The van der Waals surface area contributed by atoms with E-state index >= 15 is 0 Å². The molecule has 0 aliphatic carbocycles. The number of nitrogens with zero attached hydrogens (tertiary/aromatic N) is 1. The first-order chi connectivity index (χ1) is 8.84. The number of carbonyl (C=O) groups is 1. The first kappa shape index (κ1) is 15.7. The summed E-state index contributed by atoms with van der Waals surface area (Å²) in [5.41, 5.74) is 6.78. The second-order valence-electron chi connectivity index (χ2n) is 6.16. The Bertz CT molecular complexity index is 406. The van der Waals surface area contributed by atoms with E-state index in [9.17, 15) is 4.79 Å². The number of nitrogens with two attached hydrogens (primary N) is 1. The Hall–Kier alpha value is -1.36. The Morgan fingerprint density at radius 2 is 2.16 bits per heavy atom. The number of anilines is 1. The minimum Gasteiger partial charge on any atom is -0.330 e. The quantitative estimate of drug-likeness (QED) is 0.739. The van der Waals surface area contributed by atoms with E-state index in [1.807, 2.05) is 6.92 Å². The highest BCUT2D eigenvalue weighted by Crippen LogP contribution is 2.32. The van der Waals surface area contributed by atoms with Gasteiger partial charge in [0.05, 0.1) is 6.20 Å². The summed E-state index contributed by atoms with van der Waals surface area (Å²) < 4.78 is 0. The molecule has 0 fully saturated rings. The standard InChI is InChI=1S/C14H26N4O/c1-10-9-16-18-13(10)17-12(19)6-5-11(7-8-15)14(2,3)4/h9,11H,5-8,15H2,1-4H3,(H2,16,17,18,19). The molecule has 0 aliphatic rings. The summed E-state index contributed by atoms with van der Waals surface area (Å²) in [6, 6.07) is 0. The fourth-order valence-electron chi connectivity index (χ4n) is 2.19. The number of aryl methyl sites for hydroxylation is 1. The fraction of sp³-hybridized carbons (Fsp3) is 0.714. The molecule has 0 saturated heterocycles. The molecule has 1 aromatic heterocycles. The molecule has 1 heterocycles. The second-order valence-corrected chi connectivity index (χ2v) is 6.16. The van der Waals surface area contributed by atoms with E-state index in [0.717, 1.165) is 18.4 Å². The molecule has 5 nitrogen and oxygen atoms in total. The topological polar surface area (TPSA) is 83.8 Å². The summed E-state index contributed by atoms with van der Waals surface area (Å²) in [5.74, 6) is 1.18. The van der Waals surface area contributed by atoms with Crippen molar-refractivity contribution in [3.8, 4) is 0 Å². The van der Waals surface area contributed by atoms with Gasteiger partial charge in [0.15, 0.2) is 0 Å². The van der Waals surface area contributed by atoms with Gasteiger partial charge in [-0.05, 0) is 37.6 Å². The number of rotatable bonds is 6. The number of aromatic amines is 1. The van der Waals surface area contributed by atoms with Gasteiger partial charge in [0.2, 0.25) is 5.91 Å². The van der Waals surface area contributed by atoms with Crippen LogP contribution in [0, 0.1) is 18.3 Å². The summed E-state index contributed by atoms with van der Waals surface area (Å²) in [5, 5.41) is 9.51. The molecule has 1 rings (SSSR count). The van der Waals surface area contributed by atoms with E-state index in [1.165, 1.54) is 0 Å². The van der Waals surface area contributed by atoms with Gasteiger partial charge in [-0.2, -0.15) is 5.10 Å². The number of hydrogen-bond acceptors (Lipinski definition) is 3. The van der Waals surface area contributed by atoms with Gasteiger partial charge in [0.1, 0.15) is 5.82 Å². The van der Waals surface area contributed by atoms with E-state index < -0.39 is 0 Å². The number of carbonyl (C=O) groups excluding carboxylic acids is 1. The summed E-state index contributed by atoms with van der Waals surface area (Å²) in [6.45, 7) is 9.17. The molecule has 1 unspecified atom stereocenters. The lowest BCUT2D eigenvalue weighted by atomic mass is 9.76. The van der Waals surface area contributed by atoms with E-state index in [1.54, 1.807) is 6.20 Å². The zero-order chi connectivity index (χ0) is 14.5. The lowest BCUT2D eigenvalue weighted by molar-refractivity contribution is -0.116. The van der Waals surface area contributed by atoms with Crippen molar-refractivity contribution in [2.24, 2.45) is 17.1 Å². The Kier molecular flexibility index (Phi) is 5.54. The van der Waals surface area contributed by atoms with Crippen LogP contribution in [0.5, 0.6) is 0 Å². The molecule has 0 saturated carbocycles. The van der Waals surface area contributed by atoms with E-state index in [4.69, 9.17) is 5.73 Å². The normalized spacial score (nSPS) is 13.3. The van der Waals surface area contributed by atoms with Gasteiger partial charge in [-0.15, -0.1) is 0 Å². The van der Waals surface area contributed by atoms with Crippen molar-refractivity contribution in [1.29, 1.82) is 0 Å². The predicted molar refractivity (Wildman–Crippen MR) is 77.8 cm³/mol. The van der Waals surface area contributed by atoms with Crippen LogP contribution in [0.3, 0.4) is 0 Å². The minimum atomic E-state index is 0.0265. The van der Waals surface area contributed by atoms with Crippen molar-refractivity contribution >= 4 is 11.7 Å². The molecule has 4 N–H and O–H groups in total. The van der Waals surface area contributed by atoms with Crippen LogP contribution in [0.4, 0.5) is 5.82 Å². The Balaban J connectivity index is 2.46. The molecule has 0 radical (unpaired) electrons. The lowest BCUT2D eigenvalue weighted by Gasteiger charge is -2.30. The van der Waals surface area contributed by atoms with Gasteiger partial charge in [-0.25, -0.2) is 0 Å². The van der Waals surface area contributed by atoms with Crippen molar-refractivity contribution in [2.45, 2.75) is 47.0 Å². The maximum atomic E-state index is 11.9. The third-order valence-electron chi connectivity index (χ3n) is 3.55. The van der Waals surface area contributed by atoms with Crippen molar-refractivity contribution in [2.75, 3.05) is 11.9 Å². The summed E-state index contributed by atoms with van der Waals surface area (Å²) in [4.78, 5) is 11.9. The number of amides is 1. The maximum Gasteiger partial charge on any atom is 0.225 e. The van der Waals surface area contributed by atoms with Crippen LogP contribution in [0.15, 0.2) is 6.20 Å². The van der Waals surface area contributed by atoms with Crippen LogP contribution in [-0.4, -0.2) is 22.6 Å². The van der Waals surface area contributed by atoms with Crippen molar-refractivity contribution in [1.82, 2.24) is 10.2 Å². The van der Waals surface area contributed by atoms with Gasteiger partial charge in [0, 0.05) is 12.0 Å². The molecule has 0 bridgehead atoms. The molecule has 1 aromatic rings. The molecule has 1 atom stereocenters. The monoisotopic (exact) mass is 266 g/mol. The molecule has 108 valence electrons. The zero-order valence-electron chi connectivity index (χ0n) is 12.4. The van der Waals surface area contributed by atoms with Crippen LogP contribution >= 0.6 is 0 Å². The fourth-order valence-corrected chi connectivity index (χ4v) is 2.19. The van der Waals surface area contributed by atoms with E-state index in [0.29, 0.717) is 24.7 Å². The Morgan fingerprint density at radius 1 is 1.47 bits per heavy atom.